The van der Waals surface area contributed by atoms with Crippen molar-refractivity contribution >= 4 is 11.8 Å². The van der Waals surface area contributed by atoms with Crippen LogP contribution in [0.3, 0.4) is 0 Å². The lowest BCUT2D eigenvalue weighted by atomic mass is 9.95. The molecule has 0 fully saturated rings. The highest BCUT2D eigenvalue weighted by molar-refractivity contribution is 6.07. The normalized spacial score (nSPS) is 20.3. The van der Waals surface area contributed by atoms with E-state index < -0.39 is 5.97 Å². The number of hydrogen-bond acceptors (Lipinski definition) is 3. The van der Waals surface area contributed by atoms with Gasteiger partial charge >= 0.3 is 5.97 Å². The van der Waals surface area contributed by atoms with Crippen LogP contribution in [0.2, 0.25) is 0 Å². The summed E-state index contributed by atoms with van der Waals surface area (Å²) in [5, 5.41) is 18.6. The molecule has 24 heavy (non-hydrogen) atoms. The van der Waals surface area contributed by atoms with Gasteiger partial charge in [-0.15, -0.1) is 0 Å². The minimum atomic E-state index is -0.768. The summed E-state index contributed by atoms with van der Waals surface area (Å²) >= 11 is 0. The average molecular weight is 334 g/mol. The average Bonchev–Trinajstić information content (AvgIpc) is 2.89. The Morgan fingerprint density at radius 2 is 2.08 bits per heavy atom. The summed E-state index contributed by atoms with van der Waals surface area (Å²) in [6.45, 7) is 2.14. The van der Waals surface area contributed by atoms with E-state index >= 15 is 0 Å². The first-order chi connectivity index (χ1) is 11.5. The second-order valence-electron chi connectivity index (χ2n) is 6.37. The van der Waals surface area contributed by atoms with Gasteiger partial charge in [-0.05, 0) is 38.2 Å². The molecule has 0 amide bonds. The van der Waals surface area contributed by atoms with Gasteiger partial charge in [0, 0.05) is 17.9 Å². The van der Waals surface area contributed by atoms with Crippen LogP contribution >= 0.6 is 0 Å². The molecule has 0 bridgehead atoms. The van der Waals surface area contributed by atoms with Gasteiger partial charge in [-0.2, -0.15) is 0 Å². The number of hydrogen-bond donors (Lipinski definition) is 2. The predicted octanol–water partition coefficient (Wildman–Crippen LogP) is 4.20. The standard InChI is InChI=1S/C20H30O4/c1-2-3-6-10-17(21)13-14-18-16(12-15-19(18)22)9-7-4-5-8-11-20(23)24/h4,7,12,14-17,21H,2-3,5-6,8-11,13H2,1H3,(H,23,24)/b7-4+,18-14+/t16-,17-/m0/s1. The molecule has 0 aromatic carbocycles. The number of unbranched alkanes of at least 4 members (excludes halogenated alkanes) is 3. The maximum atomic E-state index is 11.9. The van der Waals surface area contributed by atoms with Gasteiger partial charge in [0.25, 0.3) is 0 Å². The maximum absolute atomic E-state index is 11.9. The Balaban J connectivity index is 2.39. The first kappa shape index (κ1) is 20.4. The summed E-state index contributed by atoms with van der Waals surface area (Å²) in [6.07, 6.45) is 16.0. The molecule has 1 aliphatic carbocycles. The fourth-order valence-electron chi connectivity index (χ4n) is 2.79. The van der Waals surface area contributed by atoms with Crippen molar-refractivity contribution in [2.24, 2.45) is 5.92 Å². The number of carbonyl (C=O) groups is 2. The van der Waals surface area contributed by atoms with E-state index in [-0.39, 0.29) is 24.2 Å². The fourth-order valence-corrected chi connectivity index (χ4v) is 2.79. The van der Waals surface area contributed by atoms with Crippen LogP contribution in [0.15, 0.2) is 36.0 Å². The Morgan fingerprint density at radius 3 is 2.79 bits per heavy atom. The van der Waals surface area contributed by atoms with E-state index in [9.17, 15) is 14.7 Å². The number of aliphatic hydroxyl groups is 1. The summed E-state index contributed by atoms with van der Waals surface area (Å²) in [4.78, 5) is 22.4. The zero-order valence-corrected chi connectivity index (χ0v) is 14.6. The highest BCUT2D eigenvalue weighted by Crippen LogP contribution is 2.26. The molecule has 0 aromatic rings. The zero-order chi connectivity index (χ0) is 17.8. The Hall–Kier alpha value is -1.68. The van der Waals surface area contributed by atoms with Crippen molar-refractivity contribution in [1.82, 2.24) is 0 Å². The lowest BCUT2D eigenvalue weighted by Crippen LogP contribution is -2.08. The first-order valence-electron chi connectivity index (χ1n) is 9.02. The van der Waals surface area contributed by atoms with Crippen LogP contribution in [0.4, 0.5) is 0 Å². The zero-order valence-electron chi connectivity index (χ0n) is 14.6. The molecule has 0 unspecified atom stereocenters. The van der Waals surface area contributed by atoms with E-state index in [0.717, 1.165) is 44.1 Å². The summed E-state index contributed by atoms with van der Waals surface area (Å²) in [5.41, 5.74) is 0.778. The molecule has 2 N–H and O–H groups in total. The molecule has 0 radical (unpaired) electrons. The Bertz CT molecular complexity index is 488. The number of carboxylic acids is 1. The van der Waals surface area contributed by atoms with E-state index in [4.69, 9.17) is 5.11 Å². The molecule has 1 aliphatic rings. The van der Waals surface area contributed by atoms with Crippen molar-refractivity contribution in [3.05, 3.63) is 36.0 Å². The van der Waals surface area contributed by atoms with Crippen LogP contribution < -0.4 is 0 Å². The molecular formula is C20H30O4. The number of aliphatic hydroxyl groups excluding tert-OH is 1. The van der Waals surface area contributed by atoms with Gasteiger partial charge in [-0.3, -0.25) is 9.59 Å². The van der Waals surface area contributed by atoms with E-state index in [1.807, 2.05) is 24.3 Å². The van der Waals surface area contributed by atoms with Crippen LogP contribution in [0.5, 0.6) is 0 Å². The second kappa shape index (κ2) is 11.8. The van der Waals surface area contributed by atoms with Gasteiger partial charge in [0.05, 0.1) is 6.10 Å². The van der Waals surface area contributed by atoms with Crippen molar-refractivity contribution in [3.63, 3.8) is 0 Å². The molecule has 0 saturated heterocycles. The minimum Gasteiger partial charge on any atom is -0.481 e. The molecule has 2 atom stereocenters. The summed E-state index contributed by atoms with van der Waals surface area (Å²) in [7, 11) is 0. The van der Waals surface area contributed by atoms with Crippen molar-refractivity contribution in [1.29, 1.82) is 0 Å². The third kappa shape index (κ3) is 8.25. The van der Waals surface area contributed by atoms with Crippen LogP contribution in [0.25, 0.3) is 0 Å². The van der Waals surface area contributed by atoms with E-state index in [0.29, 0.717) is 12.8 Å². The molecule has 0 aliphatic heterocycles. The van der Waals surface area contributed by atoms with Crippen molar-refractivity contribution in [3.8, 4) is 0 Å². The van der Waals surface area contributed by atoms with Crippen molar-refractivity contribution < 1.29 is 19.8 Å². The number of rotatable bonds is 12. The molecule has 4 heteroatoms. The minimum absolute atomic E-state index is 0.0417. The number of aliphatic carboxylic acids is 1. The van der Waals surface area contributed by atoms with Crippen molar-refractivity contribution in [2.75, 3.05) is 0 Å². The fraction of sp³-hybridized carbons (Fsp3) is 0.600. The van der Waals surface area contributed by atoms with Crippen LogP contribution in [0, 0.1) is 5.92 Å². The monoisotopic (exact) mass is 334 g/mol. The Morgan fingerprint density at radius 1 is 1.29 bits per heavy atom. The highest BCUT2D eigenvalue weighted by Gasteiger charge is 2.21. The number of carboxylic acid groups (broad SMARTS) is 1. The molecule has 0 aromatic heterocycles. The van der Waals surface area contributed by atoms with E-state index in [1.165, 1.54) is 0 Å². The maximum Gasteiger partial charge on any atom is 0.303 e. The SMILES string of the molecule is CCCCC[C@H](O)C/C=C1/C(=O)C=C[C@@H]1C/C=C/CCCC(=O)O. The first-order valence-corrected chi connectivity index (χ1v) is 9.02. The van der Waals surface area contributed by atoms with E-state index in [2.05, 4.69) is 6.92 Å². The van der Waals surface area contributed by atoms with Gasteiger partial charge in [0.15, 0.2) is 5.78 Å². The molecule has 134 valence electrons. The molecular weight excluding hydrogens is 304 g/mol. The van der Waals surface area contributed by atoms with Gasteiger partial charge in [-0.1, -0.05) is 50.5 Å². The third-order valence-corrected chi connectivity index (χ3v) is 4.23. The number of ketones is 1. The number of allylic oxidation sites excluding steroid dienone is 5. The topological polar surface area (TPSA) is 74.6 Å². The lowest BCUT2D eigenvalue weighted by molar-refractivity contribution is -0.137. The molecule has 0 saturated carbocycles. The molecule has 0 heterocycles. The highest BCUT2D eigenvalue weighted by atomic mass is 16.4. The van der Waals surface area contributed by atoms with Gasteiger partial charge in [-0.25, -0.2) is 0 Å². The predicted molar refractivity (Wildman–Crippen MR) is 95.7 cm³/mol. The van der Waals surface area contributed by atoms with Crippen LogP contribution in [-0.2, 0) is 9.59 Å². The largest absolute Gasteiger partial charge is 0.481 e. The second-order valence-corrected chi connectivity index (χ2v) is 6.37. The third-order valence-electron chi connectivity index (χ3n) is 4.23. The van der Waals surface area contributed by atoms with E-state index in [1.54, 1.807) is 6.08 Å². The van der Waals surface area contributed by atoms with Crippen LogP contribution in [0.1, 0.15) is 64.7 Å². The molecule has 1 rings (SSSR count). The quantitative estimate of drug-likeness (QED) is 0.319. The summed E-state index contributed by atoms with van der Waals surface area (Å²) < 4.78 is 0. The number of carbonyl (C=O) groups excluding carboxylic acids is 1. The summed E-state index contributed by atoms with van der Waals surface area (Å²) in [6, 6.07) is 0. The Labute approximate surface area is 145 Å². The molecule has 4 nitrogen and oxygen atoms in total. The van der Waals surface area contributed by atoms with Gasteiger partial charge < -0.3 is 10.2 Å². The Kier molecular flexibility index (Phi) is 10.0. The lowest BCUT2D eigenvalue weighted by Gasteiger charge is -2.11. The summed E-state index contributed by atoms with van der Waals surface area (Å²) in [5.74, 6) is -0.647. The molecule has 0 spiro atoms. The van der Waals surface area contributed by atoms with Gasteiger partial charge in [0.1, 0.15) is 0 Å². The smallest absolute Gasteiger partial charge is 0.303 e. The van der Waals surface area contributed by atoms with Gasteiger partial charge in [0.2, 0.25) is 0 Å². The van der Waals surface area contributed by atoms with Crippen molar-refractivity contribution in [2.45, 2.75) is 70.8 Å². The van der Waals surface area contributed by atoms with Crippen LogP contribution in [-0.4, -0.2) is 28.1 Å².